The molecular formula is C22H17Cl2N3O3. The summed E-state index contributed by atoms with van der Waals surface area (Å²) in [5.74, 6) is -1.25. The van der Waals surface area contributed by atoms with Gasteiger partial charge in [0, 0.05) is 21.3 Å². The molecule has 0 radical (unpaired) electrons. The van der Waals surface area contributed by atoms with Gasteiger partial charge in [-0.15, -0.1) is 0 Å². The van der Waals surface area contributed by atoms with E-state index in [4.69, 9.17) is 27.9 Å². The van der Waals surface area contributed by atoms with Gasteiger partial charge in [0.05, 0.1) is 6.21 Å². The highest BCUT2D eigenvalue weighted by Crippen LogP contribution is 2.22. The normalized spacial score (nSPS) is 10.6. The summed E-state index contributed by atoms with van der Waals surface area (Å²) in [6.07, 6.45) is 1.40. The monoisotopic (exact) mass is 441 g/mol. The molecule has 0 fully saturated rings. The molecule has 152 valence electrons. The molecule has 0 aromatic heterocycles. The molecule has 30 heavy (non-hydrogen) atoms. The van der Waals surface area contributed by atoms with E-state index in [-0.39, 0.29) is 0 Å². The molecule has 0 saturated heterocycles. The predicted octanol–water partition coefficient (Wildman–Crippen LogP) is 4.66. The van der Waals surface area contributed by atoms with Crippen molar-refractivity contribution in [3.8, 4) is 5.75 Å². The van der Waals surface area contributed by atoms with E-state index in [1.807, 2.05) is 42.5 Å². The van der Waals surface area contributed by atoms with Crippen LogP contribution in [0, 0.1) is 0 Å². The van der Waals surface area contributed by atoms with Gasteiger partial charge in [-0.1, -0.05) is 65.7 Å². The van der Waals surface area contributed by atoms with Crippen LogP contribution in [0.2, 0.25) is 10.0 Å². The first-order chi connectivity index (χ1) is 14.5. The maximum absolute atomic E-state index is 12.0. The van der Waals surface area contributed by atoms with Crippen molar-refractivity contribution in [1.82, 2.24) is 5.43 Å². The Labute approximate surface area is 183 Å². The van der Waals surface area contributed by atoms with Crippen LogP contribution in [0.4, 0.5) is 5.69 Å². The SMILES string of the molecule is O=C(N/N=C\c1ccccc1OCc1ccccc1)C(=O)Nc1cc(Cl)cc(Cl)c1. The van der Waals surface area contributed by atoms with Crippen LogP contribution in [-0.2, 0) is 16.2 Å². The molecule has 0 bridgehead atoms. The van der Waals surface area contributed by atoms with Crippen molar-refractivity contribution in [2.45, 2.75) is 6.61 Å². The summed E-state index contributed by atoms with van der Waals surface area (Å²) in [5.41, 5.74) is 4.15. The maximum Gasteiger partial charge on any atom is 0.329 e. The number of para-hydroxylation sites is 1. The summed E-state index contributed by atoms with van der Waals surface area (Å²) in [6.45, 7) is 0.392. The highest BCUT2D eigenvalue weighted by Gasteiger charge is 2.13. The number of hydrogen-bond donors (Lipinski definition) is 2. The lowest BCUT2D eigenvalue weighted by Crippen LogP contribution is -2.32. The number of amides is 2. The fourth-order valence-corrected chi connectivity index (χ4v) is 3.01. The van der Waals surface area contributed by atoms with E-state index in [1.54, 1.807) is 12.1 Å². The molecule has 2 N–H and O–H groups in total. The standard InChI is InChI=1S/C22H17Cl2N3O3/c23-17-10-18(24)12-19(11-17)26-21(28)22(29)27-25-13-16-8-4-5-9-20(16)30-14-15-6-2-1-3-7-15/h1-13H,14H2,(H,26,28)(H,27,29)/b25-13-. The molecule has 8 heteroatoms. The summed E-state index contributed by atoms with van der Waals surface area (Å²) >= 11 is 11.7. The zero-order valence-electron chi connectivity index (χ0n) is 15.6. The fraction of sp³-hybridized carbons (Fsp3) is 0.0455. The predicted molar refractivity (Wildman–Crippen MR) is 118 cm³/mol. The van der Waals surface area contributed by atoms with Crippen LogP contribution in [0.25, 0.3) is 0 Å². The minimum Gasteiger partial charge on any atom is -0.488 e. The van der Waals surface area contributed by atoms with Gasteiger partial charge in [0.25, 0.3) is 0 Å². The maximum atomic E-state index is 12.0. The summed E-state index contributed by atoms with van der Waals surface area (Å²) < 4.78 is 5.82. The molecule has 2 amide bonds. The minimum absolute atomic E-state index is 0.302. The Morgan fingerprint density at radius 2 is 1.57 bits per heavy atom. The Morgan fingerprint density at radius 3 is 2.30 bits per heavy atom. The summed E-state index contributed by atoms with van der Waals surface area (Å²) in [4.78, 5) is 24.0. The van der Waals surface area contributed by atoms with Gasteiger partial charge < -0.3 is 10.1 Å². The van der Waals surface area contributed by atoms with E-state index in [1.165, 1.54) is 24.4 Å². The second-order valence-electron chi connectivity index (χ2n) is 6.12. The first kappa shape index (κ1) is 21.4. The molecule has 6 nitrogen and oxygen atoms in total. The van der Waals surface area contributed by atoms with E-state index >= 15 is 0 Å². The highest BCUT2D eigenvalue weighted by atomic mass is 35.5. The number of nitrogens with one attached hydrogen (secondary N) is 2. The molecule has 3 aromatic carbocycles. The molecule has 3 aromatic rings. The van der Waals surface area contributed by atoms with Gasteiger partial charge in [0.15, 0.2) is 0 Å². The molecule has 3 rings (SSSR count). The first-order valence-electron chi connectivity index (χ1n) is 8.87. The van der Waals surface area contributed by atoms with Crippen LogP contribution >= 0.6 is 23.2 Å². The number of nitrogens with zero attached hydrogens (tertiary/aromatic N) is 1. The van der Waals surface area contributed by atoms with Crippen molar-refractivity contribution in [3.05, 3.63) is 94.0 Å². The average Bonchev–Trinajstić information content (AvgIpc) is 2.73. The summed E-state index contributed by atoms with van der Waals surface area (Å²) in [6, 6.07) is 21.4. The topological polar surface area (TPSA) is 79.8 Å². The Balaban J connectivity index is 1.58. The van der Waals surface area contributed by atoms with Crippen LogP contribution in [0.3, 0.4) is 0 Å². The van der Waals surface area contributed by atoms with E-state index < -0.39 is 11.8 Å². The fourth-order valence-electron chi connectivity index (χ4n) is 2.48. The second-order valence-corrected chi connectivity index (χ2v) is 7.00. The third kappa shape index (κ3) is 6.34. The molecule has 0 aliphatic rings. The molecule has 0 aliphatic heterocycles. The zero-order valence-corrected chi connectivity index (χ0v) is 17.2. The van der Waals surface area contributed by atoms with Gasteiger partial charge >= 0.3 is 11.8 Å². The van der Waals surface area contributed by atoms with Gasteiger partial charge in [-0.3, -0.25) is 9.59 Å². The smallest absolute Gasteiger partial charge is 0.329 e. The van der Waals surface area contributed by atoms with Gasteiger partial charge in [0.1, 0.15) is 12.4 Å². The van der Waals surface area contributed by atoms with Crippen LogP contribution in [-0.4, -0.2) is 18.0 Å². The van der Waals surface area contributed by atoms with Crippen LogP contribution < -0.4 is 15.5 Å². The van der Waals surface area contributed by atoms with E-state index in [2.05, 4.69) is 15.8 Å². The van der Waals surface area contributed by atoms with Crippen LogP contribution in [0.15, 0.2) is 77.9 Å². The minimum atomic E-state index is -0.940. The molecule has 0 saturated carbocycles. The zero-order chi connectivity index (χ0) is 21.3. The van der Waals surface area contributed by atoms with Crippen molar-refractivity contribution < 1.29 is 14.3 Å². The summed E-state index contributed by atoms with van der Waals surface area (Å²) in [5, 5.41) is 6.91. The number of hydrazone groups is 1. The Hall–Kier alpha value is -3.35. The molecule has 0 spiro atoms. The van der Waals surface area contributed by atoms with Crippen molar-refractivity contribution in [1.29, 1.82) is 0 Å². The average molecular weight is 442 g/mol. The van der Waals surface area contributed by atoms with Crippen molar-refractivity contribution in [2.24, 2.45) is 5.10 Å². The number of hydrogen-bond acceptors (Lipinski definition) is 4. The molecular weight excluding hydrogens is 425 g/mol. The Kier molecular flexibility index (Phi) is 7.43. The quantitative estimate of drug-likeness (QED) is 0.331. The highest BCUT2D eigenvalue weighted by molar-refractivity contribution is 6.40. The van der Waals surface area contributed by atoms with Gasteiger partial charge in [-0.25, -0.2) is 5.43 Å². The van der Waals surface area contributed by atoms with Gasteiger partial charge in [0.2, 0.25) is 0 Å². The number of carbonyl (C=O) groups is 2. The molecule has 0 unspecified atom stereocenters. The van der Waals surface area contributed by atoms with Crippen molar-refractivity contribution >= 4 is 46.9 Å². The lowest BCUT2D eigenvalue weighted by atomic mass is 10.2. The van der Waals surface area contributed by atoms with Crippen molar-refractivity contribution in [3.63, 3.8) is 0 Å². The van der Waals surface area contributed by atoms with E-state index in [0.29, 0.717) is 33.7 Å². The molecule has 0 heterocycles. The van der Waals surface area contributed by atoms with E-state index in [0.717, 1.165) is 5.56 Å². The number of carbonyl (C=O) groups excluding carboxylic acids is 2. The first-order valence-corrected chi connectivity index (χ1v) is 9.63. The largest absolute Gasteiger partial charge is 0.488 e. The van der Waals surface area contributed by atoms with Gasteiger partial charge in [-0.05, 0) is 35.9 Å². The Morgan fingerprint density at radius 1 is 0.900 bits per heavy atom. The number of halogens is 2. The number of rotatable bonds is 6. The number of ether oxygens (including phenoxy) is 1. The van der Waals surface area contributed by atoms with Gasteiger partial charge in [-0.2, -0.15) is 5.10 Å². The van der Waals surface area contributed by atoms with Crippen LogP contribution in [0.1, 0.15) is 11.1 Å². The Bertz CT molecular complexity index is 1050. The third-order valence-corrected chi connectivity index (χ3v) is 4.29. The summed E-state index contributed by atoms with van der Waals surface area (Å²) in [7, 11) is 0. The second kappa shape index (κ2) is 10.4. The lowest BCUT2D eigenvalue weighted by Gasteiger charge is -2.09. The van der Waals surface area contributed by atoms with Crippen molar-refractivity contribution in [2.75, 3.05) is 5.32 Å². The lowest BCUT2D eigenvalue weighted by molar-refractivity contribution is -0.136. The van der Waals surface area contributed by atoms with Crippen LogP contribution in [0.5, 0.6) is 5.75 Å². The number of benzene rings is 3. The number of anilines is 1. The van der Waals surface area contributed by atoms with E-state index in [9.17, 15) is 9.59 Å². The molecule has 0 atom stereocenters. The molecule has 0 aliphatic carbocycles. The third-order valence-electron chi connectivity index (χ3n) is 3.85.